The van der Waals surface area contributed by atoms with E-state index in [1.165, 1.54) is 14.1 Å². The van der Waals surface area contributed by atoms with E-state index in [0.717, 1.165) is 19.9 Å². The van der Waals surface area contributed by atoms with Gasteiger partial charge in [-0.25, -0.2) is 4.31 Å². The fraction of sp³-hybridized carbons (Fsp3) is 0.350. The van der Waals surface area contributed by atoms with Crippen molar-refractivity contribution in [1.82, 2.24) is 9.62 Å². The predicted molar refractivity (Wildman–Crippen MR) is 110 cm³/mol. The maximum Gasteiger partial charge on any atom is 0.304 e. The number of para-hydroxylation sites is 1. The first kappa shape index (κ1) is 21.7. The van der Waals surface area contributed by atoms with Crippen molar-refractivity contribution in [2.75, 3.05) is 24.9 Å². The third kappa shape index (κ3) is 5.97. The molecule has 2 rings (SSSR count). The van der Waals surface area contributed by atoms with Gasteiger partial charge in [-0.05, 0) is 43.7 Å². The number of benzene rings is 2. The minimum atomic E-state index is -3.80. The molecule has 0 unspecified atom stereocenters. The number of nitrogens with one attached hydrogen (secondary N) is 1. The van der Waals surface area contributed by atoms with Crippen LogP contribution in [0.5, 0.6) is 5.75 Å². The van der Waals surface area contributed by atoms with Crippen LogP contribution in [0, 0.1) is 0 Å². The summed E-state index contributed by atoms with van der Waals surface area (Å²) in [6.45, 7) is 3.90. The smallest absolute Gasteiger partial charge is 0.304 e. The van der Waals surface area contributed by atoms with Crippen LogP contribution in [0.2, 0.25) is 0 Å². The Balaban J connectivity index is 2.04. The molecule has 0 aliphatic carbocycles. The molecule has 7 nitrogen and oxygen atoms in total. The second kappa shape index (κ2) is 9.57. The summed E-state index contributed by atoms with van der Waals surface area (Å²) in [4.78, 5) is 12.4. The number of anilines is 1. The molecule has 0 saturated carbocycles. The first-order valence-electron chi connectivity index (χ1n) is 8.97. The Hall–Kier alpha value is -2.58. The van der Waals surface area contributed by atoms with Crippen LogP contribution in [0.1, 0.15) is 19.4 Å². The number of hydrogen-bond acceptors (Lipinski definition) is 4. The third-order valence-electron chi connectivity index (χ3n) is 3.86. The van der Waals surface area contributed by atoms with Gasteiger partial charge in [-0.2, -0.15) is 12.7 Å². The second-order valence-corrected chi connectivity index (χ2v) is 8.79. The number of carbonyl (C=O) groups is 1. The normalized spacial score (nSPS) is 11.5. The van der Waals surface area contributed by atoms with Gasteiger partial charge in [0.2, 0.25) is 5.91 Å². The van der Waals surface area contributed by atoms with E-state index in [2.05, 4.69) is 5.32 Å². The number of hydrogen-bond donors (Lipinski definition) is 1. The quantitative estimate of drug-likeness (QED) is 0.695. The van der Waals surface area contributed by atoms with Crippen molar-refractivity contribution in [1.29, 1.82) is 0 Å². The van der Waals surface area contributed by atoms with Gasteiger partial charge < -0.3 is 10.1 Å². The summed E-state index contributed by atoms with van der Waals surface area (Å²) in [5, 5.41) is 2.77. The molecule has 0 aliphatic heterocycles. The average Bonchev–Trinajstić information content (AvgIpc) is 2.65. The van der Waals surface area contributed by atoms with Crippen LogP contribution in [-0.4, -0.2) is 45.4 Å². The van der Waals surface area contributed by atoms with Crippen molar-refractivity contribution in [2.24, 2.45) is 0 Å². The molecule has 0 aromatic heterocycles. The lowest BCUT2D eigenvalue weighted by Crippen LogP contribution is -2.45. The van der Waals surface area contributed by atoms with Gasteiger partial charge in [-0.1, -0.05) is 30.3 Å². The third-order valence-corrected chi connectivity index (χ3v) is 5.68. The van der Waals surface area contributed by atoms with Gasteiger partial charge in [0.1, 0.15) is 12.3 Å². The highest BCUT2D eigenvalue weighted by Crippen LogP contribution is 2.18. The molecule has 8 heteroatoms. The first-order chi connectivity index (χ1) is 13.2. The Morgan fingerprint density at radius 3 is 2.18 bits per heavy atom. The van der Waals surface area contributed by atoms with Crippen molar-refractivity contribution >= 4 is 21.8 Å². The number of carbonyl (C=O) groups excluding carboxylic acids is 1. The molecule has 0 radical (unpaired) electrons. The predicted octanol–water partition coefficient (Wildman–Crippen LogP) is 2.40. The molecule has 2 aromatic rings. The minimum Gasteiger partial charge on any atom is -0.491 e. The molecule has 0 spiro atoms. The molecule has 0 heterocycles. The molecular formula is C20H27N3O4S. The van der Waals surface area contributed by atoms with Crippen LogP contribution >= 0.6 is 0 Å². The lowest BCUT2D eigenvalue weighted by Gasteiger charge is -2.26. The Kier molecular flexibility index (Phi) is 7.42. The molecule has 28 heavy (non-hydrogen) atoms. The molecule has 152 valence electrons. The Morgan fingerprint density at radius 2 is 1.64 bits per heavy atom. The fourth-order valence-corrected chi connectivity index (χ4v) is 3.51. The minimum absolute atomic E-state index is 0.0909. The largest absolute Gasteiger partial charge is 0.491 e. The van der Waals surface area contributed by atoms with Gasteiger partial charge in [0.15, 0.2) is 0 Å². The maximum absolute atomic E-state index is 12.6. The zero-order valence-corrected chi connectivity index (χ0v) is 17.4. The molecular weight excluding hydrogens is 378 g/mol. The van der Waals surface area contributed by atoms with Gasteiger partial charge >= 0.3 is 10.2 Å². The van der Waals surface area contributed by atoms with Gasteiger partial charge in [-0.15, -0.1) is 0 Å². The van der Waals surface area contributed by atoms with Crippen molar-refractivity contribution in [3.8, 4) is 5.75 Å². The maximum atomic E-state index is 12.6. The molecule has 2 aromatic carbocycles. The van der Waals surface area contributed by atoms with Gasteiger partial charge in [0, 0.05) is 20.6 Å². The zero-order chi connectivity index (χ0) is 20.7. The van der Waals surface area contributed by atoms with E-state index in [0.29, 0.717) is 12.2 Å². The van der Waals surface area contributed by atoms with Gasteiger partial charge in [0.05, 0.1) is 11.8 Å². The zero-order valence-electron chi connectivity index (χ0n) is 16.6. The second-order valence-electron chi connectivity index (χ2n) is 6.72. The number of ether oxygens (including phenoxy) is 1. The topological polar surface area (TPSA) is 79.0 Å². The van der Waals surface area contributed by atoms with Crippen LogP contribution in [-0.2, 0) is 21.5 Å². The monoisotopic (exact) mass is 405 g/mol. The van der Waals surface area contributed by atoms with Crippen molar-refractivity contribution in [3.63, 3.8) is 0 Å². The van der Waals surface area contributed by atoms with Crippen LogP contribution in [0.3, 0.4) is 0 Å². The Labute approximate surface area is 167 Å². The first-order valence-corrected chi connectivity index (χ1v) is 10.4. The van der Waals surface area contributed by atoms with Crippen molar-refractivity contribution in [2.45, 2.75) is 26.5 Å². The van der Waals surface area contributed by atoms with E-state index in [4.69, 9.17) is 4.74 Å². The molecule has 0 aliphatic rings. The van der Waals surface area contributed by atoms with Crippen LogP contribution in [0.4, 0.5) is 5.69 Å². The number of nitrogens with zero attached hydrogens (tertiary/aromatic N) is 2. The van der Waals surface area contributed by atoms with Crippen LogP contribution < -0.4 is 14.4 Å². The van der Waals surface area contributed by atoms with Crippen molar-refractivity contribution < 1.29 is 17.9 Å². The highest BCUT2D eigenvalue weighted by molar-refractivity contribution is 7.90. The summed E-state index contributed by atoms with van der Waals surface area (Å²) >= 11 is 0. The summed E-state index contributed by atoms with van der Waals surface area (Å²) in [6.07, 6.45) is 0.0909. The molecule has 1 amide bonds. The Bertz CT molecular complexity index is 866. The Morgan fingerprint density at radius 1 is 1.04 bits per heavy atom. The fourth-order valence-electron chi connectivity index (χ4n) is 2.44. The van der Waals surface area contributed by atoms with Crippen LogP contribution in [0.15, 0.2) is 54.6 Å². The molecule has 0 atom stereocenters. The number of rotatable bonds is 9. The number of amides is 1. The van der Waals surface area contributed by atoms with E-state index in [1.54, 1.807) is 30.3 Å². The van der Waals surface area contributed by atoms with E-state index in [9.17, 15) is 13.2 Å². The summed E-state index contributed by atoms with van der Waals surface area (Å²) in [6, 6.07) is 16.0. The average molecular weight is 406 g/mol. The summed E-state index contributed by atoms with van der Waals surface area (Å²) in [5.74, 6) is 0.370. The van der Waals surface area contributed by atoms with E-state index in [1.807, 2.05) is 38.1 Å². The highest BCUT2D eigenvalue weighted by Gasteiger charge is 2.27. The lowest BCUT2D eigenvalue weighted by molar-refractivity contribution is -0.119. The summed E-state index contributed by atoms with van der Waals surface area (Å²) in [7, 11) is -0.929. The molecule has 1 N–H and O–H groups in total. The van der Waals surface area contributed by atoms with Crippen LogP contribution in [0.25, 0.3) is 0 Å². The van der Waals surface area contributed by atoms with Gasteiger partial charge in [0.25, 0.3) is 0 Å². The highest BCUT2D eigenvalue weighted by atomic mass is 32.2. The SMILES string of the molecule is CC(C)Oc1ccc(CNC(=O)CN(c2ccccc2)S(=O)(=O)N(C)C)cc1. The van der Waals surface area contributed by atoms with E-state index in [-0.39, 0.29) is 12.6 Å². The molecule has 0 bridgehead atoms. The standard InChI is InChI=1S/C20H27N3O4S/c1-16(2)27-19-12-10-17(11-13-19)14-21-20(24)15-23(28(25,26)22(3)4)18-8-6-5-7-9-18/h5-13,16H,14-15H2,1-4H3,(H,21,24). The van der Waals surface area contributed by atoms with E-state index >= 15 is 0 Å². The van der Waals surface area contributed by atoms with Gasteiger partial charge in [-0.3, -0.25) is 4.79 Å². The summed E-state index contributed by atoms with van der Waals surface area (Å²) < 4.78 is 33.0. The van der Waals surface area contributed by atoms with E-state index < -0.39 is 16.1 Å². The lowest BCUT2D eigenvalue weighted by atomic mass is 10.2. The molecule has 0 saturated heterocycles. The molecule has 0 fully saturated rings. The summed E-state index contributed by atoms with van der Waals surface area (Å²) in [5.41, 5.74) is 1.33. The van der Waals surface area contributed by atoms with Crippen molar-refractivity contribution in [3.05, 3.63) is 60.2 Å².